The number of carboxylic acid groups (broad SMARTS) is 2. The summed E-state index contributed by atoms with van der Waals surface area (Å²) in [4.78, 5) is 44.5. The van der Waals surface area contributed by atoms with Gasteiger partial charge in [-0.15, -0.1) is 0 Å². The fourth-order valence-electron chi connectivity index (χ4n) is 1.35. The van der Waals surface area contributed by atoms with E-state index in [1.807, 2.05) is 0 Å². The summed E-state index contributed by atoms with van der Waals surface area (Å²) in [5, 5.41) is 21.7. The van der Waals surface area contributed by atoms with Crippen LogP contribution in [0.25, 0.3) is 0 Å². The molecule has 0 saturated heterocycles. The summed E-state index contributed by atoms with van der Waals surface area (Å²) in [5.41, 5.74) is 5.28. The maximum atomic E-state index is 11.8. The molecule has 0 bridgehead atoms. The van der Waals surface area contributed by atoms with Crippen molar-refractivity contribution in [2.75, 3.05) is 18.1 Å². The molecule has 0 aromatic rings. The molecule has 0 aliphatic rings. The second kappa shape index (κ2) is 10.9. The molecule has 10 heteroatoms. The minimum atomic E-state index is -1.21. The molecule has 22 heavy (non-hydrogen) atoms. The highest BCUT2D eigenvalue weighted by atomic mass is 32.2. The quantitative estimate of drug-likeness (QED) is 0.303. The van der Waals surface area contributed by atoms with Crippen molar-refractivity contribution in [3.05, 3.63) is 6.92 Å². The van der Waals surface area contributed by atoms with Gasteiger partial charge in [-0.3, -0.25) is 19.2 Å². The van der Waals surface area contributed by atoms with Crippen LogP contribution in [0.3, 0.4) is 0 Å². The van der Waals surface area contributed by atoms with E-state index in [2.05, 4.69) is 17.6 Å². The van der Waals surface area contributed by atoms with Crippen LogP contribution in [0.15, 0.2) is 0 Å². The standard InChI is InChI=1S/C12H20N3O6S/c1-2-22-6-8(11(19)14-5-10(17)18)15-9(16)4-3-7(13)12(20)21/h7-8H,1-6,13H2,(H,14,19)(H,15,16)(H,17,18)(H,20,21). The molecule has 0 aliphatic carbocycles. The van der Waals surface area contributed by atoms with Crippen LogP contribution in [0.1, 0.15) is 12.8 Å². The van der Waals surface area contributed by atoms with Gasteiger partial charge in [-0.25, -0.2) is 0 Å². The van der Waals surface area contributed by atoms with Crippen LogP contribution in [-0.2, 0) is 19.2 Å². The molecule has 125 valence electrons. The molecular weight excluding hydrogens is 314 g/mol. The lowest BCUT2D eigenvalue weighted by Crippen LogP contribution is -2.49. The van der Waals surface area contributed by atoms with Crippen molar-refractivity contribution in [1.29, 1.82) is 0 Å². The summed E-state index contributed by atoms with van der Waals surface area (Å²) in [6, 6.07) is -2.07. The SMILES string of the molecule is [CH2]CSCC(NC(=O)CCC(N)C(=O)O)C(=O)NCC(=O)O. The molecule has 0 fully saturated rings. The number of carbonyl (C=O) groups is 4. The van der Waals surface area contributed by atoms with E-state index in [0.717, 1.165) is 0 Å². The maximum Gasteiger partial charge on any atom is 0.322 e. The monoisotopic (exact) mass is 334 g/mol. The smallest absolute Gasteiger partial charge is 0.322 e. The van der Waals surface area contributed by atoms with Gasteiger partial charge in [0.1, 0.15) is 18.6 Å². The predicted molar refractivity (Wildman–Crippen MR) is 80.1 cm³/mol. The number of thioether (sulfide) groups is 1. The van der Waals surface area contributed by atoms with Crippen LogP contribution in [0.4, 0.5) is 0 Å². The minimum Gasteiger partial charge on any atom is -0.480 e. The van der Waals surface area contributed by atoms with Gasteiger partial charge in [0.15, 0.2) is 0 Å². The molecule has 0 heterocycles. The summed E-state index contributed by atoms with van der Waals surface area (Å²) in [7, 11) is 0. The van der Waals surface area contributed by atoms with Crippen LogP contribution in [-0.4, -0.2) is 64.1 Å². The van der Waals surface area contributed by atoms with Gasteiger partial charge in [0.25, 0.3) is 0 Å². The highest BCUT2D eigenvalue weighted by molar-refractivity contribution is 7.99. The number of carbonyl (C=O) groups excluding carboxylic acids is 2. The summed E-state index contributed by atoms with van der Waals surface area (Å²) < 4.78 is 0. The Balaban J connectivity index is 4.43. The number of amides is 2. The molecule has 0 aromatic carbocycles. The number of rotatable bonds is 11. The lowest BCUT2D eigenvalue weighted by Gasteiger charge is -2.17. The Bertz CT molecular complexity index is 418. The second-order valence-corrected chi connectivity index (χ2v) is 5.44. The number of aliphatic carboxylic acids is 2. The Hall–Kier alpha value is -1.81. The first-order valence-corrected chi connectivity index (χ1v) is 7.57. The average molecular weight is 334 g/mol. The van der Waals surface area contributed by atoms with Gasteiger partial charge in [0.05, 0.1) is 0 Å². The zero-order valence-electron chi connectivity index (χ0n) is 11.9. The Morgan fingerprint density at radius 3 is 2.36 bits per heavy atom. The zero-order valence-corrected chi connectivity index (χ0v) is 12.7. The Labute approximate surface area is 132 Å². The van der Waals surface area contributed by atoms with Gasteiger partial charge in [0, 0.05) is 12.2 Å². The number of hydrogen-bond acceptors (Lipinski definition) is 6. The van der Waals surface area contributed by atoms with Gasteiger partial charge in [-0.2, -0.15) is 11.8 Å². The third-order valence-electron chi connectivity index (χ3n) is 2.49. The Morgan fingerprint density at radius 1 is 1.23 bits per heavy atom. The summed E-state index contributed by atoms with van der Waals surface area (Å²) in [6.07, 6.45) is -0.210. The van der Waals surface area contributed by atoms with E-state index in [9.17, 15) is 19.2 Å². The van der Waals surface area contributed by atoms with Gasteiger partial charge in [-0.05, 0) is 19.1 Å². The van der Waals surface area contributed by atoms with Crippen molar-refractivity contribution in [3.63, 3.8) is 0 Å². The Kier molecular flexibility index (Phi) is 9.96. The van der Waals surface area contributed by atoms with E-state index in [0.29, 0.717) is 5.75 Å². The van der Waals surface area contributed by atoms with Crippen molar-refractivity contribution in [3.8, 4) is 0 Å². The Morgan fingerprint density at radius 2 is 1.86 bits per heavy atom. The van der Waals surface area contributed by atoms with Crippen molar-refractivity contribution < 1.29 is 29.4 Å². The van der Waals surface area contributed by atoms with E-state index >= 15 is 0 Å². The molecule has 2 unspecified atom stereocenters. The van der Waals surface area contributed by atoms with E-state index in [-0.39, 0.29) is 18.6 Å². The summed E-state index contributed by atoms with van der Waals surface area (Å²) in [6.45, 7) is 3.04. The first kappa shape index (κ1) is 20.2. The average Bonchev–Trinajstić information content (AvgIpc) is 2.46. The zero-order chi connectivity index (χ0) is 17.1. The lowest BCUT2D eigenvalue weighted by atomic mass is 10.1. The predicted octanol–water partition coefficient (Wildman–Crippen LogP) is -1.57. The molecule has 0 aliphatic heterocycles. The van der Waals surface area contributed by atoms with E-state index in [1.165, 1.54) is 11.8 Å². The molecule has 9 nitrogen and oxygen atoms in total. The second-order valence-electron chi connectivity index (χ2n) is 4.29. The fraction of sp³-hybridized carbons (Fsp3) is 0.583. The lowest BCUT2D eigenvalue weighted by molar-refractivity contribution is -0.139. The van der Waals surface area contributed by atoms with E-state index in [1.54, 1.807) is 0 Å². The maximum absolute atomic E-state index is 11.8. The number of nitrogens with two attached hydrogens (primary N) is 1. The third-order valence-corrected chi connectivity index (χ3v) is 3.35. The number of hydrogen-bond donors (Lipinski definition) is 5. The molecule has 0 spiro atoms. The number of carboxylic acids is 2. The first-order chi connectivity index (χ1) is 10.3. The molecule has 0 rings (SSSR count). The van der Waals surface area contributed by atoms with Crippen molar-refractivity contribution in [1.82, 2.24) is 10.6 Å². The third kappa shape index (κ3) is 9.19. The van der Waals surface area contributed by atoms with Crippen LogP contribution < -0.4 is 16.4 Å². The molecular formula is C12H20N3O6S. The number of nitrogens with one attached hydrogen (secondary N) is 2. The molecule has 2 atom stereocenters. The molecule has 6 N–H and O–H groups in total. The highest BCUT2D eigenvalue weighted by Crippen LogP contribution is 2.03. The highest BCUT2D eigenvalue weighted by Gasteiger charge is 2.22. The minimum absolute atomic E-state index is 0.0624. The first-order valence-electron chi connectivity index (χ1n) is 6.42. The van der Waals surface area contributed by atoms with Gasteiger partial charge >= 0.3 is 11.9 Å². The molecule has 1 radical (unpaired) electrons. The van der Waals surface area contributed by atoms with Gasteiger partial charge in [-0.1, -0.05) is 0 Å². The summed E-state index contributed by atoms with van der Waals surface area (Å²) in [5.74, 6) is -2.86. The van der Waals surface area contributed by atoms with Crippen molar-refractivity contribution >= 4 is 35.5 Å². The van der Waals surface area contributed by atoms with Gasteiger partial charge in [0.2, 0.25) is 11.8 Å². The fourth-order valence-corrected chi connectivity index (χ4v) is 1.98. The largest absolute Gasteiger partial charge is 0.480 e. The van der Waals surface area contributed by atoms with Crippen LogP contribution >= 0.6 is 11.8 Å². The summed E-state index contributed by atoms with van der Waals surface area (Å²) >= 11 is 1.30. The molecule has 2 amide bonds. The molecule has 0 aromatic heterocycles. The topological polar surface area (TPSA) is 159 Å². The van der Waals surface area contributed by atoms with Crippen LogP contribution in [0.2, 0.25) is 0 Å². The normalized spacial score (nSPS) is 13.0. The van der Waals surface area contributed by atoms with Crippen LogP contribution in [0, 0.1) is 6.92 Å². The van der Waals surface area contributed by atoms with Crippen LogP contribution in [0.5, 0.6) is 0 Å². The van der Waals surface area contributed by atoms with Crippen molar-refractivity contribution in [2.24, 2.45) is 5.73 Å². The van der Waals surface area contributed by atoms with Crippen molar-refractivity contribution in [2.45, 2.75) is 24.9 Å². The van der Waals surface area contributed by atoms with E-state index < -0.39 is 42.4 Å². The van der Waals surface area contributed by atoms with Gasteiger partial charge < -0.3 is 26.6 Å². The molecule has 0 saturated carbocycles. The van der Waals surface area contributed by atoms with E-state index in [4.69, 9.17) is 15.9 Å².